The second-order valence-corrected chi connectivity index (χ2v) is 7.08. The Morgan fingerprint density at radius 2 is 2.05 bits per heavy atom. The molecule has 1 aromatic heterocycles. The molecular weight excluding hydrogens is 407 g/mol. The van der Waals surface area contributed by atoms with Gasteiger partial charge in [-0.3, -0.25) is 14.3 Å². The normalized spacial score (nSPS) is 13.0. The van der Waals surface area contributed by atoms with Crippen LogP contribution in [-0.4, -0.2) is 26.6 Å². The van der Waals surface area contributed by atoms with E-state index in [1.807, 2.05) is 0 Å². The molecule has 0 bridgehead atoms. The lowest BCUT2D eigenvalue weighted by atomic mass is 10.2. The first kappa shape index (κ1) is 17.0. The van der Waals surface area contributed by atoms with Crippen LogP contribution in [-0.2, 0) is 17.0 Å². The standard InChI is InChI=1S/C11H7BrF3N3O2S2/c1-22(20)7-5(3-2-4-6(7)12)8(19)16-10-18-17-9(21-10)11(13,14)15/h2-4H,1H3,(H,16,18,19). The van der Waals surface area contributed by atoms with Crippen molar-refractivity contribution in [3.63, 3.8) is 0 Å². The number of aromatic nitrogens is 2. The number of carbonyl (C=O) groups is 1. The van der Waals surface area contributed by atoms with Crippen LogP contribution in [0.4, 0.5) is 18.3 Å². The van der Waals surface area contributed by atoms with E-state index in [1.54, 1.807) is 12.1 Å². The number of amides is 1. The van der Waals surface area contributed by atoms with Gasteiger partial charge in [-0.15, -0.1) is 10.2 Å². The molecule has 2 aromatic rings. The molecule has 5 nitrogen and oxygen atoms in total. The van der Waals surface area contributed by atoms with E-state index in [0.717, 1.165) is 0 Å². The van der Waals surface area contributed by atoms with Gasteiger partial charge >= 0.3 is 6.18 Å². The van der Waals surface area contributed by atoms with Gasteiger partial charge in [0.15, 0.2) is 0 Å². The maximum absolute atomic E-state index is 12.4. The van der Waals surface area contributed by atoms with Gasteiger partial charge in [0.05, 0.1) is 21.3 Å². The monoisotopic (exact) mass is 413 g/mol. The number of benzene rings is 1. The summed E-state index contributed by atoms with van der Waals surface area (Å²) in [4.78, 5) is 12.4. The fraction of sp³-hybridized carbons (Fsp3) is 0.182. The van der Waals surface area contributed by atoms with Crippen molar-refractivity contribution in [3.8, 4) is 0 Å². The lowest BCUT2D eigenvalue weighted by Crippen LogP contribution is -2.14. The quantitative estimate of drug-likeness (QED) is 0.837. The van der Waals surface area contributed by atoms with Gasteiger partial charge in [0.2, 0.25) is 10.1 Å². The minimum Gasteiger partial charge on any atom is -0.296 e. The molecule has 1 atom stereocenters. The fourth-order valence-corrected chi connectivity index (χ4v) is 4.00. The molecule has 11 heteroatoms. The zero-order valence-corrected chi connectivity index (χ0v) is 14.0. The predicted octanol–water partition coefficient (Wildman–Crippen LogP) is 3.31. The van der Waals surface area contributed by atoms with Crippen molar-refractivity contribution in [2.75, 3.05) is 11.6 Å². The van der Waals surface area contributed by atoms with Crippen molar-refractivity contribution in [2.45, 2.75) is 11.1 Å². The van der Waals surface area contributed by atoms with Crippen molar-refractivity contribution in [1.29, 1.82) is 0 Å². The van der Waals surface area contributed by atoms with Gasteiger partial charge in [-0.05, 0) is 28.1 Å². The molecule has 118 valence electrons. The average Bonchev–Trinajstić information content (AvgIpc) is 2.86. The molecule has 0 spiro atoms. The zero-order chi connectivity index (χ0) is 16.5. The van der Waals surface area contributed by atoms with Crippen molar-refractivity contribution >= 4 is 49.1 Å². The smallest absolute Gasteiger partial charge is 0.296 e. The second-order valence-electron chi connectivity index (χ2n) is 3.93. The Morgan fingerprint density at radius 3 is 2.59 bits per heavy atom. The number of halogens is 4. The summed E-state index contributed by atoms with van der Waals surface area (Å²) in [7, 11) is -1.46. The number of nitrogens with zero attached hydrogens (tertiary/aromatic N) is 2. The molecule has 1 unspecified atom stereocenters. The Bertz CT molecular complexity index is 748. The van der Waals surface area contributed by atoms with E-state index in [2.05, 4.69) is 31.4 Å². The van der Waals surface area contributed by atoms with Crippen LogP contribution in [0.5, 0.6) is 0 Å². The third-order valence-electron chi connectivity index (χ3n) is 2.39. The molecule has 0 saturated heterocycles. The van der Waals surface area contributed by atoms with Gasteiger partial charge in [0.1, 0.15) is 0 Å². The third kappa shape index (κ3) is 3.70. The fourth-order valence-electron chi connectivity index (χ4n) is 1.53. The number of hydrogen-bond donors (Lipinski definition) is 1. The molecule has 1 aromatic carbocycles. The maximum Gasteiger partial charge on any atom is 0.445 e. The van der Waals surface area contributed by atoms with E-state index >= 15 is 0 Å². The Hall–Kier alpha value is -1.33. The summed E-state index contributed by atoms with van der Waals surface area (Å²) in [5.41, 5.74) is 0.0824. The Kier molecular flexibility index (Phi) is 4.97. The lowest BCUT2D eigenvalue weighted by Gasteiger charge is -2.08. The molecule has 22 heavy (non-hydrogen) atoms. The molecule has 1 N–H and O–H groups in total. The lowest BCUT2D eigenvalue weighted by molar-refractivity contribution is -0.138. The van der Waals surface area contributed by atoms with Crippen LogP contribution in [0.15, 0.2) is 27.6 Å². The summed E-state index contributed by atoms with van der Waals surface area (Å²) in [6.45, 7) is 0. The molecule has 0 aliphatic heterocycles. The van der Waals surface area contributed by atoms with Gasteiger partial charge in [0, 0.05) is 10.7 Å². The highest BCUT2D eigenvalue weighted by Crippen LogP contribution is 2.33. The number of carbonyl (C=O) groups excluding carboxylic acids is 1. The topological polar surface area (TPSA) is 72.0 Å². The number of nitrogens with one attached hydrogen (secondary N) is 1. The zero-order valence-electron chi connectivity index (χ0n) is 10.8. The largest absolute Gasteiger partial charge is 0.445 e. The predicted molar refractivity (Wildman–Crippen MR) is 79.3 cm³/mol. The van der Waals surface area contributed by atoms with E-state index < -0.39 is 27.9 Å². The number of anilines is 1. The molecule has 2 rings (SSSR count). The molecule has 0 aliphatic carbocycles. The SMILES string of the molecule is CS(=O)c1c(Br)cccc1C(=O)Nc1nnc(C(F)(F)F)s1. The Morgan fingerprint density at radius 1 is 1.36 bits per heavy atom. The first-order valence-electron chi connectivity index (χ1n) is 5.54. The van der Waals surface area contributed by atoms with Crippen molar-refractivity contribution in [3.05, 3.63) is 33.2 Å². The van der Waals surface area contributed by atoms with E-state index in [0.29, 0.717) is 4.47 Å². The van der Waals surface area contributed by atoms with E-state index in [4.69, 9.17) is 0 Å². The van der Waals surface area contributed by atoms with Gasteiger partial charge in [-0.25, -0.2) is 0 Å². The van der Waals surface area contributed by atoms with Gasteiger partial charge in [-0.2, -0.15) is 13.2 Å². The highest BCUT2D eigenvalue weighted by atomic mass is 79.9. The number of rotatable bonds is 3. The van der Waals surface area contributed by atoms with Gasteiger partial charge in [0.25, 0.3) is 5.91 Å². The molecule has 0 radical (unpaired) electrons. The summed E-state index contributed by atoms with van der Waals surface area (Å²) in [6.07, 6.45) is -3.23. The minimum absolute atomic E-state index is 0.0824. The van der Waals surface area contributed by atoms with Crippen molar-refractivity contribution < 1.29 is 22.2 Å². The summed E-state index contributed by atoms with van der Waals surface area (Å²) in [5.74, 6) is -0.712. The van der Waals surface area contributed by atoms with Crippen molar-refractivity contribution in [1.82, 2.24) is 10.2 Å². The van der Waals surface area contributed by atoms with Crippen LogP contribution >= 0.6 is 27.3 Å². The van der Waals surface area contributed by atoms with E-state index in [-0.39, 0.29) is 26.9 Å². The molecule has 0 fully saturated rings. The van der Waals surface area contributed by atoms with Crippen LogP contribution in [0, 0.1) is 0 Å². The van der Waals surface area contributed by atoms with Gasteiger partial charge in [-0.1, -0.05) is 17.4 Å². The van der Waals surface area contributed by atoms with Gasteiger partial charge < -0.3 is 0 Å². The Labute approximate surface area is 137 Å². The van der Waals surface area contributed by atoms with Crippen LogP contribution in [0.1, 0.15) is 15.4 Å². The molecule has 0 saturated carbocycles. The van der Waals surface area contributed by atoms with Crippen LogP contribution in [0.3, 0.4) is 0 Å². The summed E-state index contributed by atoms with van der Waals surface area (Å²) >= 11 is 3.40. The number of alkyl halides is 3. The number of hydrogen-bond acceptors (Lipinski definition) is 5. The summed E-state index contributed by atoms with van der Waals surface area (Å²) in [5, 5.41) is 7.02. The average molecular weight is 414 g/mol. The Balaban J connectivity index is 2.29. The molecule has 0 aliphatic rings. The van der Waals surface area contributed by atoms with E-state index in [9.17, 15) is 22.2 Å². The van der Waals surface area contributed by atoms with Crippen LogP contribution < -0.4 is 5.32 Å². The summed E-state index contributed by atoms with van der Waals surface area (Å²) < 4.78 is 49.5. The molecule has 1 heterocycles. The first-order chi connectivity index (χ1) is 10.2. The van der Waals surface area contributed by atoms with Crippen LogP contribution in [0.2, 0.25) is 0 Å². The molecule has 1 amide bonds. The summed E-state index contributed by atoms with van der Waals surface area (Å²) in [6, 6.07) is 4.58. The third-order valence-corrected chi connectivity index (χ3v) is 5.21. The highest BCUT2D eigenvalue weighted by molar-refractivity contribution is 9.10. The second kappa shape index (κ2) is 6.42. The highest BCUT2D eigenvalue weighted by Gasteiger charge is 2.35. The van der Waals surface area contributed by atoms with Crippen molar-refractivity contribution in [2.24, 2.45) is 0 Å². The van der Waals surface area contributed by atoms with Crippen LogP contribution in [0.25, 0.3) is 0 Å². The molecular formula is C11H7BrF3N3O2S2. The first-order valence-corrected chi connectivity index (χ1v) is 8.71. The maximum atomic E-state index is 12.4. The minimum atomic E-state index is -4.62. The van der Waals surface area contributed by atoms with E-state index in [1.165, 1.54) is 12.3 Å².